The van der Waals surface area contributed by atoms with E-state index in [1.807, 2.05) is 18.2 Å². The van der Waals surface area contributed by atoms with Gasteiger partial charge in [0.25, 0.3) is 5.91 Å². The molecule has 0 aliphatic carbocycles. The van der Waals surface area contributed by atoms with Crippen LogP contribution in [-0.4, -0.2) is 31.5 Å². The zero-order valence-electron chi connectivity index (χ0n) is 13.8. The maximum atomic E-state index is 11.8. The van der Waals surface area contributed by atoms with Crippen LogP contribution in [0.4, 0.5) is 0 Å². The molecule has 1 aliphatic heterocycles. The minimum absolute atomic E-state index is 0.237. The number of carbonyl (C=O) groups excluding carboxylic acids is 2. The molecule has 2 heterocycles. The third kappa shape index (κ3) is 4.77. The fourth-order valence-electron chi connectivity index (χ4n) is 2.36. The van der Waals surface area contributed by atoms with Crippen molar-refractivity contribution in [2.45, 2.75) is 0 Å². The van der Waals surface area contributed by atoms with E-state index in [4.69, 9.17) is 20.8 Å². The van der Waals surface area contributed by atoms with Crippen LogP contribution in [0.5, 0.6) is 5.75 Å². The second-order valence-corrected chi connectivity index (χ2v) is 5.98. The number of carbonyl (C=O) groups is 2. The van der Waals surface area contributed by atoms with Crippen molar-refractivity contribution in [2.24, 2.45) is 0 Å². The first-order valence-electron chi connectivity index (χ1n) is 8.02. The summed E-state index contributed by atoms with van der Waals surface area (Å²) >= 11 is 5.97. The first-order chi connectivity index (χ1) is 12.6. The van der Waals surface area contributed by atoms with Crippen molar-refractivity contribution >= 4 is 29.5 Å². The largest absolute Gasteiger partial charge is 0.488 e. The first kappa shape index (κ1) is 17.8. The van der Waals surface area contributed by atoms with E-state index in [1.165, 1.54) is 12.3 Å². The fraction of sp³-hybridized carbons (Fsp3) is 0.158. The van der Waals surface area contributed by atoms with Crippen LogP contribution in [0.15, 0.2) is 58.7 Å². The van der Waals surface area contributed by atoms with Crippen molar-refractivity contribution < 1.29 is 18.7 Å². The Hall–Kier alpha value is -2.99. The minimum atomic E-state index is -0.318. The van der Waals surface area contributed by atoms with E-state index in [9.17, 15) is 9.59 Å². The van der Waals surface area contributed by atoms with Crippen LogP contribution in [0.1, 0.15) is 16.1 Å². The van der Waals surface area contributed by atoms with Gasteiger partial charge < -0.3 is 19.8 Å². The standard InChI is InChI=1S/C19H17ClN2O4/c20-15-4-5-16-14(11-15)10-13(12-26-16)3-6-18(23)21-7-8-22-19(24)17-2-1-9-25-17/h1-6,9-11H,7-8,12H2,(H,21,23)(H,22,24)/b6-3+. The number of ether oxygens (including phenoxy) is 1. The quantitative estimate of drug-likeness (QED) is 0.603. The zero-order chi connectivity index (χ0) is 18.4. The molecule has 7 heteroatoms. The average Bonchev–Trinajstić information content (AvgIpc) is 3.18. The van der Waals surface area contributed by atoms with Crippen LogP contribution >= 0.6 is 11.6 Å². The van der Waals surface area contributed by atoms with E-state index >= 15 is 0 Å². The monoisotopic (exact) mass is 372 g/mol. The van der Waals surface area contributed by atoms with E-state index in [-0.39, 0.29) is 17.6 Å². The van der Waals surface area contributed by atoms with Gasteiger partial charge in [-0.05, 0) is 42.0 Å². The van der Waals surface area contributed by atoms with E-state index in [0.29, 0.717) is 24.7 Å². The summed E-state index contributed by atoms with van der Waals surface area (Å²) in [5.41, 5.74) is 1.74. The number of benzene rings is 1. The van der Waals surface area contributed by atoms with Crippen molar-refractivity contribution in [2.75, 3.05) is 19.7 Å². The molecule has 134 valence electrons. The number of halogens is 1. The van der Waals surface area contributed by atoms with Gasteiger partial charge in [-0.1, -0.05) is 17.7 Å². The number of hydrogen-bond acceptors (Lipinski definition) is 4. The number of hydrogen-bond donors (Lipinski definition) is 2. The van der Waals surface area contributed by atoms with Gasteiger partial charge in [0.15, 0.2) is 5.76 Å². The summed E-state index contributed by atoms with van der Waals surface area (Å²) < 4.78 is 10.6. The summed E-state index contributed by atoms with van der Waals surface area (Å²) in [4.78, 5) is 23.5. The maximum absolute atomic E-state index is 11.8. The van der Waals surface area contributed by atoms with Crippen molar-refractivity contribution in [3.8, 4) is 5.75 Å². The highest BCUT2D eigenvalue weighted by atomic mass is 35.5. The van der Waals surface area contributed by atoms with Gasteiger partial charge in [0.05, 0.1) is 6.26 Å². The number of fused-ring (bicyclic) bond motifs is 1. The molecular weight excluding hydrogens is 356 g/mol. The van der Waals surface area contributed by atoms with Gasteiger partial charge >= 0.3 is 0 Å². The zero-order valence-corrected chi connectivity index (χ0v) is 14.6. The van der Waals surface area contributed by atoms with Gasteiger partial charge in [-0.3, -0.25) is 9.59 Å². The molecule has 3 rings (SSSR count). The van der Waals surface area contributed by atoms with Gasteiger partial charge in [0.2, 0.25) is 5.91 Å². The summed E-state index contributed by atoms with van der Waals surface area (Å²) in [7, 11) is 0. The van der Waals surface area contributed by atoms with E-state index < -0.39 is 0 Å². The molecule has 0 atom stereocenters. The highest BCUT2D eigenvalue weighted by molar-refractivity contribution is 6.30. The molecule has 0 saturated heterocycles. The lowest BCUT2D eigenvalue weighted by Crippen LogP contribution is -2.33. The molecule has 26 heavy (non-hydrogen) atoms. The number of rotatable bonds is 6. The van der Waals surface area contributed by atoms with Gasteiger partial charge in [-0.2, -0.15) is 0 Å². The molecule has 0 bridgehead atoms. The Kier molecular flexibility index (Phi) is 5.76. The highest BCUT2D eigenvalue weighted by Crippen LogP contribution is 2.29. The van der Waals surface area contributed by atoms with Crippen LogP contribution in [0.2, 0.25) is 5.02 Å². The van der Waals surface area contributed by atoms with Crippen LogP contribution in [0.25, 0.3) is 6.08 Å². The van der Waals surface area contributed by atoms with Crippen molar-refractivity contribution in [1.29, 1.82) is 0 Å². The van der Waals surface area contributed by atoms with Gasteiger partial charge in [-0.15, -0.1) is 0 Å². The summed E-state index contributed by atoms with van der Waals surface area (Å²) in [6, 6.07) is 8.61. The predicted octanol–water partition coefficient (Wildman–Crippen LogP) is 2.81. The van der Waals surface area contributed by atoms with Crippen LogP contribution < -0.4 is 15.4 Å². The van der Waals surface area contributed by atoms with Crippen molar-refractivity contribution in [1.82, 2.24) is 10.6 Å². The number of nitrogens with one attached hydrogen (secondary N) is 2. The summed E-state index contributed by atoms with van der Waals surface area (Å²) in [6.07, 6.45) is 6.48. The van der Waals surface area contributed by atoms with Crippen LogP contribution in [0.3, 0.4) is 0 Å². The molecule has 0 unspecified atom stereocenters. The molecule has 0 saturated carbocycles. The normalized spacial score (nSPS) is 12.9. The van der Waals surface area contributed by atoms with Gasteiger partial charge in [0.1, 0.15) is 12.4 Å². The topological polar surface area (TPSA) is 80.6 Å². The van der Waals surface area contributed by atoms with Crippen molar-refractivity contribution in [3.05, 3.63) is 70.7 Å². The number of amides is 2. The predicted molar refractivity (Wildman–Crippen MR) is 98.1 cm³/mol. The second-order valence-electron chi connectivity index (χ2n) is 5.55. The molecule has 0 radical (unpaired) electrons. The SMILES string of the molecule is O=C(/C=C/C1=Cc2cc(Cl)ccc2OC1)NCCNC(=O)c1ccco1. The lowest BCUT2D eigenvalue weighted by Gasteiger charge is -2.16. The minimum Gasteiger partial charge on any atom is -0.488 e. The summed E-state index contributed by atoms with van der Waals surface area (Å²) in [6.45, 7) is 0.998. The third-order valence-electron chi connectivity index (χ3n) is 3.61. The Bertz CT molecular complexity index is 856. The van der Waals surface area contributed by atoms with E-state index in [2.05, 4.69) is 10.6 Å². The summed E-state index contributed by atoms with van der Waals surface area (Å²) in [5, 5.41) is 5.97. The molecule has 0 spiro atoms. The third-order valence-corrected chi connectivity index (χ3v) is 3.85. The summed E-state index contributed by atoms with van der Waals surface area (Å²) in [5.74, 6) is 0.431. The molecule has 2 amide bonds. The molecule has 2 aromatic rings. The highest BCUT2D eigenvalue weighted by Gasteiger charge is 2.10. The molecular formula is C19H17ClN2O4. The lowest BCUT2D eigenvalue weighted by molar-refractivity contribution is -0.116. The first-order valence-corrected chi connectivity index (χ1v) is 8.40. The molecule has 1 aliphatic rings. The second kappa shape index (κ2) is 8.40. The molecule has 1 aromatic carbocycles. The Morgan fingerprint density at radius 3 is 2.85 bits per heavy atom. The Morgan fingerprint density at radius 1 is 1.19 bits per heavy atom. The van der Waals surface area contributed by atoms with Gasteiger partial charge in [-0.25, -0.2) is 0 Å². The average molecular weight is 373 g/mol. The Labute approximate surface area is 155 Å². The molecule has 6 nitrogen and oxygen atoms in total. The fourth-order valence-corrected chi connectivity index (χ4v) is 2.54. The number of furan rings is 1. The maximum Gasteiger partial charge on any atom is 0.287 e. The van der Waals surface area contributed by atoms with E-state index in [0.717, 1.165) is 16.9 Å². The molecule has 2 N–H and O–H groups in total. The van der Waals surface area contributed by atoms with E-state index in [1.54, 1.807) is 24.3 Å². The van der Waals surface area contributed by atoms with Crippen LogP contribution in [0, 0.1) is 0 Å². The lowest BCUT2D eigenvalue weighted by atomic mass is 10.1. The Balaban J connectivity index is 1.44. The van der Waals surface area contributed by atoms with Crippen molar-refractivity contribution in [3.63, 3.8) is 0 Å². The Morgan fingerprint density at radius 2 is 2.04 bits per heavy atom. The molecule has 1 aromatic heterocycles. The van der Waals surface area contributed by atoms with Crippen LogP contribution in [-0.2, 0) is 4.79 Å². The molecule has 0 fully saturated rings. The van der Waals surface area contributed by atoms with Gasteiger partial charge in [0, 0.05) is 29.8 Å². The smallest absolute Gasteiger partial charge is 0.287 e.